The third-order valence-electron chi connectivity index (χ3n) is 5.43. The molecule has 2 aromatic rings. The molecule has 0 saturated heterocycles. The number of amides is 1. The summed E-state index contributed by atoms with van der Waals surface area (Å²) in [5.41, 5.74) is 1.19. The Morgan fingerprint density at radius 1 is 1.13 bits per heavy atom. The molecule has 1 aromatic carbocycles. The maximum atomic E-state index is 13.1. The number of benzene rings is 1. The molecule has 3 rings (SSSR count). The number of nitrogens with one attached hydrogen (secondary N) is 1. The van der Waals surface area contributed by atoms with Gasteiger partial charge in [-0.15, -0.1) is 0 Å². The summed E-state index contributed by atoms with van der Waals surface area (Å²) in [4.78, 5) is 13.2. The van der Waals surface area contributed by atoms with Crippen LogP contribution in [0.15, 0.2) is 35.4 Å². The Bertz CT molecular complexity index is 1040. The van der Waals surface area contributed by atoms with Crippen molar-refractivity contribution in [1.29, 1.82) is 0 Å². The Kier molecular flexibility index (Phi) is 6.96. The summed E-state index contributed by atoms with van der Waals surface area (Å²) in [5, 5.41) is 3.05. The lowest BCUT2D eigenvalue weighted by atomic mass is 9.95. The van der Waals surface area contributed by atoms with Crippen LogP contribution in [0.25, 0.3) is 0 Å². The van der Waals surface area contributed by atoms with Crippen LogP contribution < -0.4 is 14.8 Å². The monoisotopic (exact) mass is 449 g/mol. The highest BCUT2D eigenvalue weighted by molar-refractivity contribution is 7.89. The zero-order chi connectivity index (χ0) is 22.8. The van der Waals surface area contributed by atoms with Crippen LogP contribution in [0.3, 0.4) is 0 Å². The predicted octanol–water partition coefficient (Wildman–Crippen LogP) is 2.95. The van der Waals surface area contributed by atoms with E-state index in [1.54, 1.807) is 25.5 Å². The van der Waals surface area contributed by atoms with Gasteiger partial charge in [0.25, 0.3) is 5.91 Å². The van der Waals surface area contributed by atoms with Crippen molar-refractivity contribution >= 4 is 15.9 Å². The molecule has 1 aliphatic heterocycles. The summed E-state index contributed by atoms with van der Waals surface area (Å²) in [6.07, 6.45) is 1.48. The van der Waals surface area contributed by atoms with Gasteiger partial charge in [0.2, 0.25) is 10.0 Å². The van der Waals surface area contributed by atoms with Gasteiger partial charge < -0.3 is 19.4 Å². The molecule has 2 heterocycles. The fourth-order valence-electron chi connectivity index (χ4n) is 3.72. The molecule has 8 nitrogen and oxygen atoms in total. The Labute approximate surface area is 184 Å². The van der Waals surface area contributed by atoms with Gasteiger partial charge in [0.05, 0.1) is 6.04 Å². The van der Waals surface area contributed by atoms with Crippen LogP contribution in [-0.4, -0.2) is 49.5 Å². The summed E-state index contributed by atoms with van der Waals surface area (Å²) in [7, 11) is -1.97. The highest BCUT2D eigenvalue weighted by Crippen LogP contribution is 2.34. The Balaban J connectivity index is 1.86. The molecule has 0 saturated carbocycles. The molecule has 0 spiro atoms. The van der Waals surface area contributed by atoms with Crippen molar-refractivity contribution in [1.82, 2.24) is 14.2 Å². The SMILES string of the molecule is CCN(CC)S(=O)(=O)c1cc(C(=O)N[C@H](c2ccc3c(c2)OCCO3)C(C)C)n(C)c1. The normalized spacial score (nSPS) is 14.7. The number of hydrogen-bond donors (Lipinski definition) is 1. The summed E-state index contributed by atoms with van der Waals surface area (Å²) >= 11 is 0. The molecule has 1 aromatic heterocycles. The number of aryl methyl sites for hydroxylation is 1. The number of carbonyl (C=O) groups is 1. The minimum Gasteiger partial charge on any atom is -0.486 e. The van der Waals surface area contributed by atoms with Crippen molar-refractivity contribution in [3.8, 4) is 11.5 Å². The lowest BCUT2D eigenvalue weighted by molar-refractivity contribution is 0.0917. The van der Waals surface area contributed by atoms with Gasteiger partial charge in [-0.05, 0) is 29.7 Å². The molecule has 1 amide bonds. The van der Waals surface area contributed by atoms with E-state index in [1.807, 2.05) is 32.0 Å². The fraction of sp³-hybridized carbons (Fsp3) is 0.500. The number of fused-ring (bicyclic) bond motifs is 1. The average molecular weight is 450 g/mol. The van der Waals surface area contributed by atoms with Crippen molar-refractivity contribution in [2.24, 2.45) is 13.0 Å². The molecule has 0 radical (unpaired) electrons. The Hall–Kier alpha value is -2.52. The number of aromatic nitrogens is 1. The molecule has 9 heteroatoms. The van der Waals surface area contributed by atoms with Crippen LogP contribution in [0.1, 0.15) is 49.8 Å². The maximum Gasteiger partial charge on any atom is 0.268 e. The van der Waals surface area contributed by atoms with Crippen LogP contribution in [0, 0.1) is 5.92 Å². The second-order valence-electron chi connectivity index (χ2n) is 7.86. The van der Waals surface area contributed by atoms with Gasteiger partial charge in [0, 0.05) is 26.3 Å². The average Bonchev–Trinajstić information content (AvgIpc) is 3.14. The predicted molar refractivity (Wildman–Crippen MR) is 118 cm³/mol. The Morgan fingerprint density at radius 2 is 1.77 bits per heavy atom. The minimum atomic E-state index is -3.64. The van der Waals surface area contributed by atoms with Gasteiger partial charge in [0.15, 0.2) is 11.5 Å². The van der Waals surface area contributed by atoms with E-state index in [4.69, 9.17) is 9.47 Å². The third-order valence-corrected chi connectivity index (χ3v) is 7.45. The molecule has 31 heavy (non-hydrogen) atoms. The summed E-state index contributed by atoms with van der Waals surface area (Å²) in [6, 6.07) is 6.81. The number of carbonyl (C=O) groups excluding carboxylic acids is 1. The van der Waals surface area contributed by atoms with Crippen LogP contribution in [-0.2, 0) is 17.1 Å². The van der Waals surface area contributed by atoms with Crippen LogP contribution in [0.4, 0.5) is 0 Å². The van der Waals surface area contributed by atoms with Crippen molar-refractivity contribution in [2.45, 2.75) is 38.6 Å². The highest BCUT2D eigenvalue weighted by Gasteiger charge is 2.27. The van der Waals surface area contributed by atoms with Crippen LogP contribution >= 0.6 is 0 Å². The molecular formula is C22H31N3O5S. The van der Waals surface area contributed by atoms with E-state index >= 15 is 0 Å². The van der Waals surface area contributed by atoms with Gasteiger partial charge in [-0.25, -0.2) is 8.42 Å². The largest absolute Gasteiger partial charge is 0.486 e. The van der Waals surface area contributed by atoms with E-state index in [1.165, 1.54) is 16.6 Å². The highest BCUT2D eigenvalue weighted by atomic mass is 32.2. The molecule has 0 unspecified atom stereocenters. The van der Waals surface area contributed by atoms with Gasteiger partial charge >= 0.3 is 0 Å². The first-order chi connectivity index (χ1) is 14.7. The van der Waals surface area contributed by atoms with E-state index in [0.29, 0.717) is 37.8 Å². The van der Waals surface area contributed by atoms with Crippen molar-refractivity contribution in [2.75, 3.05) is 26.3 Å². The van der Waals surface area contributed by atoms with Gasteiger partial charge in [-0.1, -0.05) is 33.8 Å². The van der Waals surface area contributed by atoms with Gasteiger partial charge in [-0.2, -0.15) is 4.31 Å². The van der Waals surface area contributed by atoms with Crippen molar-refractivity contribution in [3.05, 3.63) is 41.7 Å². The number of nitrogens with zero attached hydrogens (tertiary/aromatic N) is 2. The summed E-state index contributed by atoms with van der Waals surface area (Å²) in [6.45, 7) is 9.36. The molecule has 1 atom stereocenters. The smallest absolute Gasteiger partial charge is 0.268 e. The molecule has 0 bridgehead atoms. The standard InChI is InChI=1S/C22H31N3O5S/c1-6-25(7-2)31(27,28)17-13-18(24(5)14-17)22(26)23-21(15(3)4)16-8-9-19-20(12-16)30-11-10-29-19/h8-9,12-15,21H,6-7,10-11H2,1-5H3,(H,23,26)/t21-/m0/s1. The lowest BCUT2D eigenvalue weighted by Crippen LogP contribution is -2.33. The number of sulfonamides is 1. The summed E-state index contributed by atoms with van der Waals surface area (Å²) < 4.78 is 39.8. The van der Waals surface area contributed by atoms with Crippen LogP contribution in [0.2, 0.25) is 0 Å². The maximum absolute atomic E-state index is 13.1. The minimum absolute atomic E-state index is 0.102. The second kappa shape index (κ2) is 9.32. The number of hydrogen-bond acceptors (Lipinski definition) is 5. The van der Waals surface area contributed by atoms with Crippen LogP contribution in [0.5, 0.6) is 11.5 Å². The molecule has 0 fully saturated rings. The second-order valence-corrected chi connectivity index (χ2v) is 9.80. The van der Waals surface area contributed by atoms with E-state index in [-0.39, 0.29) is 28.5 Å². The Morgan fingerprint density at radius 3 is 2.39 bits per heavy atom. The first kappa shape index (κ1) is 23.1. The lowest BCUT2D eigenvalue weighted by Gasteiger charge is -2.25. The molecule has 1 aliphatic rings. The quantitative estimate of drug-likeness (QED) is 0.669. The number of ether oxygens (including phenoxy) is 2. The van der Waals surface area contributed by atoms with Crippen molar-refractivity contribution in [3.63, 3.8) is 0 Å². The zero-order valence-corrected chi connectivity index (χ0v) is 19.5. The topological polar surface area (TPSA) is 89.9 Å². The number of rotatable bonds is 8. The van der Waals surface area contributed by atoms with E-state index in [2.05, 4.69) is 5.32 Å². The van der Waals surface area contributed by atoms with E-state index in [9.17, 15) is 13.2 Å². The molecule has 0 aliphatic carbocycles. The first-order valence-electron chi connectivity index (χ1n) is 10.6. The van der Waals surface area contributed by atoms with Gasteiger partial charge in [0.1, 0.15) is 23.8 Å². The third kappa shape index (κ3) is 4.72. The van der Waals surface area contributed by atoms with Crippen molar-refractivity contribution < 1.29 is 22.7 Å². The summed E-state index contributed by atoms with van der Waals surface area (Å²) in [5.74, 6) is 1.12. The van der Waals surface area contributed by atoms with E-state index < -0.39 is 10.0 Å². The molecule has 1 N–H and O–H groups in total. The molecular weight excluding hydrogens is 418 g/mol. The zero-order valence-electron chi connectivity index (χ0n) is 18.7. The first-order valence-corrected chi connectivity index (χ1v) is 12.0. The van der Waals surface area contributed by atoms with E-state index in [0.717, 1.165) is 5.56 Å². The molecule has 170 valence electrons. The van der Waals surface area contributed by atoms with Gasteiger partial charge in [-0.3, -0.25) is 4.79 Å². The fourth-order valence-corrected chi connectivity index (χ4v) is 5.25.